The second-order valence-corrected chi connectivity index (χ2v) is 6.86. The topological polar surface area (TPSA) is 57.5 Å². The maximum absolute atomic E-state index is 10.4. The number of rotatable bonds is 14. The standard InChI is InChI=1S/C21H34O3/c1-2-3-7-14-20(22)15-10-6-9-13-19-17-18(19)12-8-4-5-11-16-21(23)24/h4,6,8-10,15,18-20,22H,2-3,5,7,11-14,16-17H2,1H3,(H,23,24)/b8-4-,9-6-,15-10+/t18-,19-,20+/m1/s1. The minimum Gasteiger partial charge on any atom is -0.481 e. The summed E-state index contributed by atoms with van der Waals surface area (Å²) in [5, 5.41) is 18.3. The molecular formula is C21H34O3. The average molecular weight is 335 g/mol. The molecule has 0 aliphatic heterocycles. The van der Waals surface area contributed by atoms with E-state index in [0.717, 1.165) is 50.4 Å². The number of hydrogen-bond acceptors (Lipinski definition) is 2. The smallest absolute Gasteiger partial charge is 0.303 e. The number of carbonyl (C=O) groups is 1. The zero-order valence-corrected chi connectivity index (χ0v) is 15.1. The van der Waals surface area contributed by atoms with Gasteiger partial charge in [0.1, 0.15) is 0 Å². The molecule has 0 unspecified atom stereocenters. The van der Waals surface area contributed by atoms with E-state index in [-0.39, 0.29) is 12.5 Å². The molecule has 0 amide bonds. The second kappa shape index (κ2) is 13.0. The van der Waals surface area contributed by atoms with Gasteiger partial charge in [-0.3, -0.25) is 4.79 Å². The second-order valence-electron chi connectivity index (χ2n) is 6.86. The molecule has 0 aromatic heterocycles. The highest BCUT2D eigenvalue weighted by Crippen LogP contribution is 2.44. The predicted octanol–water partition coefficient (Wildman–Crippen LogP) is 5.27. The Hall–Kier alpha value is -1.35. The normalized spacial score (nSPS) is 21.9. The summed E-state index contributed by atoms with van der Waals surface area (Å²) in [6.07, 6.45) is 21.9. The van der Waals surface area contributed by atoms with Crippen molar-refractivity contribution in [3.05, 3.63) is 36.5 Å². The Morgan fingerprint density at radius 1 is 1.08 bits per heavy atom. The molecule has 1 fully saturated rings. The molecule has 0 heterocycles. The SMILES string of the molecule is CCCCC[C@H](O)/C=C/C=C\C[C@@H]1C[C@H]1C/C=C\CCCC(=O)O. The number of carboxylic acids is 1. The van der Waals surface area contributed by atoms with Crippen molar-refractivity contribution >= 4 is 5.97 Å². The molecule has 0 aromatic carbocycles. The Labute approximate surface area is 147 Å². The third-order valence-corrected chi connectivity index (χ3v) is 4.56. The van der Waals surface area contributed by atoms with Crippen molar-refractivity contribution in [1.82, 2.24) is 0 Å². The number of aliphatic hydroxyl groups is 1. The first kappa shape index (κ1) is 20.7. The molecule has 1 saturated carbocycles. The molecule has 1 aliphatic rings. The van der Waals surface area contributed by atoms with Crippen LogP contribution in [0.3, 0.4) is 0 Å². The number of hydrogen-bond donors (Lipinski definition) is 2. The van der Waals surface area contributed by atoms with Crippen LogP contribution in [0.5, 0.6) is 0 Å². The van der Waals surface area contributed by atoms with Crippen LogP contribution >= 0.6 is 0 Å². The van der Waals surface area contributed by atoms with Crippen molar-refractivity contribution in [2.75, 3.05) is 0 Å². The van der Waals surface area contributed by atoms with Gasteiger partial charge in [0.2, 0.25) is 0 Å². The summed E-state index contributed by atoms with van der Waals surface area (Å²) in [4.78, 5) is 10.4. The molecule has 24 heavy (non-hydrogen) atoms. The van der Waals surface area contributed by atoms with Crippen LogP contribution in [0.25, 0.3) is 0 Å². The average Bonchev–Trinajstić information content (AvgIpc) is 3.29. The van der Waals surface area contributed by atoms with Gasteiger partial charge in [-0.1, -0.05) is 62.6 Å². The van der Waals surface area contributed by atoms with Crippen LogP contribution in [0.4, 0.5) is 0 Å². The zero-order valence-electron chi connectivity index (χ0n) is 15.1. The van der Waals surface area contributed by atoms with Crippen LogP contribution in [-0.4, -0.2) is 22.3 Å². The number of unbranched alkanes of at least 4 members (excludes halogenated alkanes) is 3. The largest absolute Gasteiger partial charge is 0.481 e. The molecule has 3 heteroatoms. The molecule has 0 saturated heterocycles. The van der Waals surface area contributed by atoms with Gasteiger partial charge in [-0.05, 0) is 50.4 Å². The van der Waals surface area contributed by atoms with Gasteiger partial charge >= 0.3 is 5.97 Å². The van der Waals surface area contributed by atoms with Crippen LogP contribution in [0.1, 0.15) is 71.1 Å². The third kappa shape index (κ3) is 11.2. The highest BCUT2D eigenvalue weighted by atomic mass is 16.4. The monoisotopic (exact) mass is 334 g/mol. The maximum atomic E-state index is 10.4. The summed E-state index contributed by atoms with van der Waals surface area (Å²) in [7, 11) is 0. The molecule has 1 rings (SSSR count). The first-order valence-electron chi connectivity index (χ1n) is 9.51. The summed E-state index contributed by atoms with van der Waals surface area (Å²) < 4.78 is 0. The fraction of sp³-hybridized carbons (Fsp3) is 0.667. The summed E-state index contributed by atoms with van der Waals surface area (Å²) >= 11 is 0. The fourth-order valence-corrected chi connectivity index (χ4v) is 2.87. The van der Waals surface area contributed by atoms with E-state index in [9.17, 15) is 9.90 Å². The lowest BCUT2D eigenvalue weighted by Gasteiger charge is -2.03. The summed E-state index contributed by atoms with van der Waals surface area (Å²) in [6.45, 7) is 2.17. The molecule has 0 spiro atoms. The van der Waals surface area contributed by atoms with Gasteiger partial charge in [0.05, 0.1) is 6.10 Å². The van der Waals surface area contributed by atoms with Crippen LogP contribution in [0, 0.1) is 11.8 Å². The van der Waals surface area contributed by atoms with E-state index >= 15 is 0 Å². The molecule has 1 aliphatic carbocycles. The summed E-state index contributed by atoms with van der Waals surface area (Å²) in [5.41, 5.74) is 0. The minimum absolute atomic E-state index is 0.266. The molecule has 0 aromatic rings. The lowest BCUT2D eigenvalue weighted by atomic mass is 10.1. The summed E-state index contributed by atoms with van der Waals surface area (Å²) in [5.74, 6) is 0.891. The zero-order chi connectivity index (χ0) is 17.6. The highest BCUT2D eigenvalue weighted by molar-refractivity contribution is 5.66. The van der Waals surface area contributed by atoms with Crippen molar-refractivity contribution < 1.29 is 15.0 Å². The Balaban J connectivity index is 2.01. The van der Waals surface area contributed by atoms with Crippen LogP contribution < -0.4 is 0 Å². The van der Waals surface area contributed by atoms with Gasteiger partial charge in [0, 0.05) is 6.42 Å². The highest BCUT2D eigenvalue weighted by Gasteiger charge is 2.34. The molecule has 3 nitrogen and oxygen atoms in total. The minimum atomic E-state index is -0.708. The quantitative estimate of drug-likeness (QED) is 0.258. The number of allylic oxidation sites excluding steroid dienone is 5. The van der Waals surface area contributed by atoms with E-state index < -0.39 is 5.97 Å². The van der Waals surface area contributed by atoms with Gasteiger partial charge in [-0.25, -0.2) is 0 Å². The van der Waals surface area contributed by atoms with Gasteiger partial charge < -0.3 is 10.2 Å². The Kier molecular flexibility index (Phi) is 11.2. The van der Waals surface area contributed by atoms with Crippen molar-refractivity contribution in [1.29, 1.82) is 0 Å². The Morgan fingerprint density at radius 2 is 1.83 bits per heavy atom. The van der Waals surface area contributed by atoms with E-state index in [1.54, 1.807) is 0 Å². The van der Waals surface area contributed by atoms with Crippen molar-refractivity contribution in [3.63, 3.8) is 0 Å². The van der Waals surface area contributed by atoms with Gasteiger partial charge in [-0.15, -0.1) is 0 Å². The van der Waals surface area contributed by atoms with Crippen molar-refractivity contribution in [3.8, 4) is 0 Å². The van der Waals surface area contributed by atoms with Gasteiger partial charge in [-0.2, -0.15) is 0 Å². The molecule has 0 radical (unpaired) electrons. The van der Waals surface area contributed by atoms with E-state index in [2.05, 4.69) is 31.2 Å². The molecule has 3 atom stereocenters. The van der Waals surface area contributed by atoms with Crippen molar-refractivity contribution in [2.24, 2.45) is 11.8 Å². The molecule has 2 N–H and O–H groups in total. The van der Waals surface area contributed by atoms with Crippen LogP contribution in [-0.2, 0) is 4.79 Å². The predicted molar refractivity (Wildman–Crippen MR) is 99.9 cm³/mol. The third-order valence-electron chi connectivity index (χ3n) is 4.56. The first-order valence-corrected chi connectivity index (χ1v) is 9.51. The van der Waals surface area contributed by atoms with E-state index in [1.807, 2.05) is 12.2 Å². The Morgan fingerprint density at radius 3 is 2.54 bits per heavy atom. The number of carboxylic acid groups (broad SMARTS) is 1. The number of aliphatic hydroxyl groups excluding tert-OH is 1. The fourth-order valence-electron chi connectivity index (χ4n) is 2.87. The van der Waals surface area contributed by atoms with Crippen molar-refractivity contribution in [2.45, 2.75) is 77.2 Å². The van der Waals surface area contributed by atoms with E-state index in [0.29, 0.717) is 0 Å². The summed E-state index contributed by atoms with van der Waals surface area (Å²) in [6, 6.07) is 0. The van der Waals surface area contributed by atoms with Gasteiger partial charge in [0.25, 0.3) is 0 Å². The molecular weight excluding hydrogens is 300 g/mol. The maximum Gasteiger partial charge on any atom is 0.303 e. The molecule has 136 valence electrons. The number of aliphatic carboxylic acids is 1. The van der Waals surface area contributed by atoms with E-state index in [4.69, 9.17) is 5.11 Å². The lowest BCUT2D eigenvalue weighted by molar-refractivity contribution is -0.137. The Bertz CT molecular complexity index is 423. The molecule has 0 bridgehead atoms. The van der Waals surface area contributed by atoms with E-state index in [1.165, 1.54) is 19.3 Å². The van der Waals surface area contributed by atoms with Crippen LogP contribution in [0.15, 0.2) is 36.5 Å². The first-order chi connectivity index (χ1) is 11.6. The van der Waals surface area contributed by atoms with Crippen LogP contribution in [0.2, 0.25) is 0 Å². The van der Waals surface area contributed by atoms with Gasteiger partial charge in [0.15, 0.2) is 0 Å². The lowest BCUT2D eigenvalue weighted by Crippen LogP contribution is -2.00.